The molecule has 0 fully saturated rings. The van der Waals surface area contributed by atoms with Gasteiger partial charge in [-0.05, 0) is 54.4 Å². The second kappa shape index (κ2) is 13.6. The van der Waals surface area contributed by atoms with Crippen LogP contribution in [0.15, 0.2) is 66.9 Å². The number of nitrogens with one attached hydrogen (secondary N) is 2. The molecule has 0 spiro atoms. The molecular formula is C28H31N3O5. The number of amides is 2. The molecule has 8 heteroatoms. The molecule has 0 saturated carbocycles. The fraction of sp³-hybridized carbons (Fsp3) is 0.286. The summed E-state index contributed by atoms with van der Waals surface area (Å²) in [5.41, 5.74) is 2.27. The lowest BCUT2D eigenvalue weighted by Gasteiger charge is -2.10. The predicted octanol–water partition coefficient (Wildman–Crippen LogP) is 6.14. The van der Waals surface area contributed by atoms with Crippen LogP contribution < -0.4 is 15.4 Å². The number of carbonyl (C=O) groups is 3. The number of benzene rings is 2. The van der Waals surface area contributed by atoms with Crippen molar-refractivity contribution in [2.75, 3.05) is 11.9 Å². The standard InChI is InChI=1S/C28H31N3O5/c1-3-5-6-17-35-27(33)21-9-11-22(12-10-21)31-28(34)30-19-20-7-13-23(14-8-20)36-24-15-16-29-25(18-24)26(32)4-2/h7-16,18H,3-6,17,19H2,1-2H3,(H2,30,31,34). The number of carbonyl (C=O) groups excluding carboxylic acids is 3. The van der Waals surface area contributed by atoms with Gasteiger partial charge >= 0.3 is 12.0 Å². The molecule has 0 radical (unpaired) electrons. The molecule has 0 saturated heterocycles. The molecule has 0 aliphatic carbocycles. The average molecular weight is 490 g/mol. The number of urea groups is 1. The van der Waals surface area contributed by atoms with E-state index in [2.05, 4.69) is 22.5 Å². The van der Waals surface area contributed by atoms with Crippen molar-refractivity contribution in [3.63, 3.8) is 0 Å². The fourth-order valence-corrected chi connectivity index (χ4v) is 3.27. The van der Waals surface area contributed by atoms with E-state index in [-0.39, 0.29) is 17.8 Å². The Labute approximate surface area is 211 Å². The highest BCUT2D eigenvalue weighted by Crippen LogP contribution is 2.22. The minimum absolute atomic E-state index is 0.0450. The lowest BCUT2D eigenvalue weighted by Crippen LogP contribution is -2.28. The highest BCUT2D eigenvalue weighted by molar-refractivity contribution is 5.94. The number of nitrogens with zero attached hydrogens (tertiary/aromatic N) is 1. The van der Waals surface area contributed by atoms with Crippen LogP contribution in [0.1, 0.15) is 65.9 Å². The van der Waals surface area contributed by atoms with Gasteiger partial charge in [-0.2, -0.15) is 0 Å². The Hall–Kier alpha value is -4.20. The third-order valence-corrected chi connectivity index (χ3v) is 5.31. The summed E-state index contributed by atoms with van der Waals surface area (Å²) in [6.45, 7) is 4.61. The molecular weight excluding hydrogens is 458 g/mol. The number of ketones is 1. The van der Waals surface area contributed by atoms with E-state index in [0.29, 0.717) is 48.0 Å². The van der Waals surface area contributed by atoms with E-state index in [1.165, 1.54) is 0 Å². The number of aromatic nitrogens is 1. The summed E-state index contributed by atoms with van der Waals surface area (Å²) in [5.74, 6) is 0.723. The smallest absolute Gasteiger partial charge is 0.338 e. The molecule has 1 heterocycles. The van der Waals surface area contributed by atoms with Gasteiger partial charge in [0.05, 0.1) is 12.2 Å². The Balaban J connectivity index is 1.44. The van der Waals surface area contributed by atoms with Crippen LogP contribution in [0.2, 0.25) is 0 Å². The van der Waals surface area contributed by atoms with Crippen LogP contribution in [0.5, 0.6) is 11.5 Å². The fourth-order valence-electron chi connectivity index (χ4n) is 3.27. The quantitative estimate of drug-likeness (QED) is 0.180. The molecule has 8 nitrogen and oxygen atoms in total. The van der Waals surface area contributed by atoms with E-state index in [4.69, 9.17) is 9.47 Å². The summed E-state index contributed by atoms with van der Waals surface area (Å²) < 4.78 is 11.0. The first-order chi connectivity index (χ1) is 17.5. The van der Waals surface area contributed by atoms with Crippen molar-refractivity contribution in [2.24, 2.45) is 0 Å². The zero-order chi connectivity index (χ0) is 25.8. The zero-order valence-electron chi connectivity index (χ0n) is 20.6. The number of pyridine rings is 1. The van der Waals surface area contributed by atoms with Crippen molar-refractivity contribution >= 4 is 23.5 Å². The molecule has 2 aromatic carbocycles. The van der Waals surface area contributed by atoms with Gasteiger partial charge in [0.15, 0.2) is 5.78 Å². The van der Waals surface area contributed by atoms with Crippen LogP contribution in [0, 0.1) is 0 Å². The Morgan fingerprint density at radius 2 is 1.64 bits per heavy atom. The number of hydrogen-bond donors (Lipinski definition) is 2. The Morgan fingerprint density at radius 1 is 0.889 bits per heavy atom. The SMILES string of the molecule is CCCCCOC(=O)c1ccc(NC(=O)NCc2ccc(Oc3ccnc(C(=O)CC)c3)cc2)cc1. The first-order valence-electron chi connectivity index (χ1n) is 12.1. The third-order valence-electron chi connectivity index (χ3n) is 5.31. The molecule has 3 aromatic rings. The number of ether oxygens (including phenoxy) is 2. The molecule has 36 heavy (non-hydrogen) atoms. The summed E-state index contributed by atoms with van der Waals surface area (Å²) in [5, 5.41) is 5.53. The van der Waals surface area contributed by atoms with E-state index in [1.807, 2.05) is 12.1 Å². The molecule has 0 aliphatic heterocycles. The topological polar surface area (TPSA) is 107 Å². The van der Waals surface area contributed by atoms with E-state index in [0.717, 1.165) is 24.8 Å². The van der Waals surface area contributed by atoms with E-state index >= 15 is 0 Å². The summed E-state index contributed by atoms with van der Waals surface area (Å²) >= 11 is 0. The molecule has 1 aromatic heterocycles. The number of esters is 1. The van der Waals surface area contributed by atoms with Crippen LogP contribution >= 0.6 is 0 Å². The number of rotatable bonds is 12. The highest BCUT2D eigenvalue weighted by atomic mass is 16.5. The maximum absolute atomic E-state index is 12.3. The molecule has 188 valence electrons. The van der Waals surface area contributed by atoms with Crippen molar-refractivity contribution in [2.45, 2.75) is 46.1 Å². The predicted molar refractivity (Wildman–Crippen MR) is 137 cm³/mol. The summed E-state index contributed by atoms with van der Waals surface area (Å²) in [4.78, 5) is 40.2. The Morgan fingerprint density at radius 3 is 2.33 bits per heavy atom. The van der Waals surface area contributed by atoms with E-state index < -0.39 is 0 Å². The first kappa shape index (κ1) is 26.4. The van der Waals surface area contributed by atoms with Crippen molar-refractivity contribution in [3.05, 3.63) is 83.7 Å². The molecule has 2 N–H and O–H groups in total. The van der Waals surface area contributed by atoms with Crippen LogP contribution in [-0.4, -0.2) is 29.4 Å². The largest absolute Gasteiger partial charge is 0.462 e. The summed E-state index contributed by atoms with van der Waals surface area (Å²) in [7, 11) is 0. The minimum atomic E-state index is -0.367. The van der Waals surface area contributed by atoms with E-state index in [1.54, 1.807) is 61.7 Å². The zero-order valence-corrected chi connectivity index (χ0v) is 20.6. The van der Waals surface area contributed by atoms with Gasteiger partial charge in [-0.15, -0.1) is 0 Å². The lowest BCUT2D eigenvalue weighted by atomic mass is 10.2. The van der Waals surface area contributed by atoms with Crippen LogP contribution in [0.4, 0.5) is 10.5 Å². The second-order valence-electron chi connectivity index (χ2n) is 8.13. The van der Waals surface area contributed by atoms with Crippen LogP contribution in [0.25, 0.3) is 0 Å². The van der Waals surface area contributed by atoms with Crippen molar-refractivity contribution in [1.82, 2.24) is 10.3 Å². The van der Waals surface area contributed by atoms with Gasteiger partial charge in [0.1, 0.15) is 17.2 Å². The van der Waals surface area contributed by atoms with Crippen LogP contribution in [-0.2, 0) is 11.3 Å². The molecule has 0 bridgehead atoms. The van der Waals surface area contributed by atoms with E-state index in [9.17, 15) is 14.4 Å². The van der Waals surface area contributed by atoms with Gasteiger partial charge in [-0.1, -0.05) is 38.8 Å². The molecule has 2 amide bonds. The first-order valence-corrected chi connectivity index (χ1v) is 12.1. The van der Waals surface area contributed by atoms with Gasteiger partial charge in [0.2, 0.25) is 0 Å². The summed E-state index contributed by atoms with van der Waals surface area (Å²) in [6.07, 6.45) is 4.87. The van der Waals surface area contributed by atoms with Crippen molar-refractivity contribution < 1.29 is 23.9 Å². The van der Waals surface area contributed by atoms with Crippen molar-refractivity contribution in [1.29, 1.82) is 0 Å². The number of Topliss-reactive ketones (excluding diaryl/α,β-unsaturated/α-hetero) is 1. The maximum Gasteiger partial charge on any atom is 0.338 e. The Kier molecular flexibility index (Phi) is 10.00. The summed E-state index contributed by atoms with van der Waals surface area (Å²) in [6, 6.07) is 16.8. The number of hydrogen-bond acceptors (Lipinski definition) is 6. The van der Waals surface area contributed by atoms with Crippen molar-refractivity contribution in [3.8, 4) is 11.5 Å². The van der Waals surface area contributed by atoms with Gasteiger partial charge in [-0.25, -0.2) is 9.59 Å². The molecule has 0 unspecified atom stereocenters. The van der Waals surface area contributed by atoms with Gasteiger partial charge in [0, 0.05) is 30.9 Å². The highest BCUT2D eigenvalue weighted by Gasteiger charge is 2.09. The second-order valence-corrected chi connectivity index (χ2v) is 8.13. The Bertz CT molecular complexity index is 1160. The van der Waals surface area contributed by atoms with Gasteiger partial charge < -0.3 is 20.1 Å². The monoisotopic (exact) mass is 489 g/mol. The molecule has 0 atom stereocenters. The maximum atomic E-state index is 12.3. The van der Waals surface area contributed by atoms with Gasteiger partial charge in [-0.3, -0.25) is 9.78 Å². The molecule has 0 aliphatic rings. The normalized spacial score (nSPS) is 10.4. The number of unbranched alkanes of at least 4 members (excludes halogenated alkanes) is 2. The molecule has 3 rings (SSSR count). The van der Waals surface area contributed by atoms with Gasteiger partial charge in [0.25, 0.3) is 0 Å². The number of anilines is 1. The average Bonchev–Trinajstić information content (AvgIpc) is 2.90. The lowest BCUT2D eigenvalue weighted by molar-refractivity contribution is 0.0498. The van der Waals surface area contributed by atoms with Crippen LogP contribution in [0.3, 0.4) is 0 Å². The minimum Gasteiger partial charge on any atom is -0.462 e. The third kappa shape index (κ3) is 8.23.